The molecule has 24 heavy (non-hydrogen) atoms. The zero-order chi connectivity index (χ0) is 17.1. The number of piperidine rings is 1. The third-order valence-corrected chi connectivity index (χ3v) is 4.90. The lowest BCUT2D eigenvalue weighted by molar-refractivity contribution is 0.102. The minimum atomic E-state index is -0.0490. The van der Waals surface area contributed by atoms with Gasteiger partial charge in [0, 0.05) is 30.0 Å². The molecule has 1 saturated heterocycles. The van der Waals surface area contributed by atoms with Crippen molar-refractivity contribution >= 4 is 17.3 Å². The molecule has 0 saturated carbocycles. The first-order valence-electron chi connectivity index (χ1n) is 8.76. The molecule has 0 bridgehead atoms. The van der Waals surface area contributed by atoms with Crippen LogP contribution in [0.5, 0.6) is 0 Å². The lowest BCUT2D eigenvalue weighted by Gasteiger charge is -2.32. The molecular formula is C21H26N2O. The Morgan fingerprint density at radius 1 is 1.04 bits per heavy atom. The third-order valence-electron chi connectivity index (χ3n) is 4.90. The standard InChI is InChI=1S/C21H26N2O/c1-15-10-12-23(13-11-15)19-7-5-18(6-8-19)22-21(24)20-9-4-16(2)14-17(20)3/h4-9,14-15H,10-13H2,1-3H3,(H,22,24). The molecule has 2 aromatic carbocycles. The second kappa shape index (κ2) is 7.08. The van der Waals surface area contributed by atoms with Gasteiger partial charge in [0.05, 0.1) is 0 Å². The van der Waals surface area contributed by atoms with E-state index in [1.807, 2.05) is 44.2 Å². The Morgan fingerprint density at radius 2 is 1.71 bits per heavy atom. The van der Waals surface area contributed by atoms with Crippen LogP contribution in [0.15, 0.2) is 42.5 Å². The van der Waals surface area contributed by atoms with Gasteiger partial charge >= 0.3 is 0 Å². The summed E-state index contributed by atoms with van der Waals surface area (Å²) < 4.78 is 0. The highest BCUT2D eigenvalue weighted by Crippen LogP contribution is 2.24. The smallest absolute Gasteiger partial charge is 0.255 e. The van der Waals surface area contributed by atoms with E-state index in [1.165, 1.54) is 24.1 Å². The van der Waals surface area contributed by atoms with Crippen molar-refractivity contribution in [1.82, 2.24) is 0 Å². The molecule has 0 unspecified atom stereocenters. The average molecular weight is 322 g/mol. The molecule has 3 nitrogen and oxygen atoms in total. The predicted octanol–water partition coefficient (Wildman–Crippen LogP) is 4.79. The molecule has 1 N–H and O–H groups in total. The van der Waals surface area contributed by atoms with Gasteiger partial charge in [-0.1, -0.05) is 24.6 Å². The Hall–Kier alpha value is -2.29. The van der Waals surface area contributed by atoms with Crippen LogP contribution in [0.25, 0.3) is 0 Å². The van der Waals surface area contributed by atoms with Gasteiger partial charge in [0.25, 0.3) is 5.91 Å². The third kappa shape index (κ3) is 3.78. The van der Waals surface area contributed by atoms with E-state index in [0.29, 0.717) is 0 Å². The summed E-state index contributed by atoms with van der Waals surface area (Å²) in [4.78, 5) is 14.9. The van der Waals surface area contributed by atoms with Crippen molar-refractivity contribution in [3.8, 4) is 0 Å². The van der Waals surface area contributed by atoms with Crippen LogP contribution in [0.1, 0.15) is 41.3 Å². The van der Waals surface area contributed by atoms with Crippen molar-refractivity contribution in [2.45, 2.75) is 33.6 Å². The van der Waals surface area contributed by atoms with Crippen LogP contribution in [0.4, 0.5) is 11.4 Å². The summed E-state index contributed by atoms with van der Waals surface area (Å²) in [5.74, 6) is 0.782. The summed E-state index contributed by atoms with van der Waals surface area (Å²) in [6.07, 6.45) is 2.51. The van der Waals surface area contributed by atoms with Gasteiger partial charge < -0.3 is 10.2 Å². The number of benzene rings is 2. The highest BCUT2D eigenvalue weighted by Gasteiger charge is 2.16. The number of anilines is 2. The number of nitrogens with one attached hydrogen (secondary N) is 1. The monoisotopic (exact) mass is 322 g/mol. The molecule has 1 amide bonds. The van der Waals surface area contributed by atoms with Gasteiger partial charge in [0.15, 0.2) is 0 Å². The number of amides is 1. The summed E-state index contributed by atoms with van der Waals surface area (Å²) in [7, 11) is 0. The first-order chi connectivity index (χ1) is 11.5. The molecule has 0 spiro atoms. The Labute approximate surface area is 144 Å². The van der Waals surface area contributed by atoms with Crippen molar-refractivity contribution in [2.75, 3.05) is 23.3 Å². The van der Waals surface area contributed by atoms with Crippen LogP contribution in [0.3, 0.4) is 0 Å². The van der Waals surface area contributed by atoms with Gasteiger partial charge in [-0.25, -0.2) is 0 Å². The van der Waals surface area contributed by atoms with Crippen molar-refractivity contribution in [3.63, 3.8) is 0 Å². The second-order valence-corrected chi connectivity index (χ2v) is 6.99. The molecule has 1 aliphatic heterocycles. The van der Waals surface area contributed by atoms with Crippen molar-refractivity contribution in [2.24, 2.45) is 5.92 Å². The number of aryl methyl sites for hydroxylation is 2. The van der Waals surface area contributed by atoms with Crippen molar-refractivity contribution in [3.05, 3.63) is 59.2 Å². The molecule has 1 fully saturated rings. The maximum absolute atomic E-state index is 12.4. The lowest BCUT2D eigenvalue weighted by atomic mass is 9.99. The van der Waals surface area contributed by atoms with Gasteiger partial charge in [0.1, 0.15) is 0 Å². The fourth-order valence-corrected chi connectivity index (χ4v) is 3.29. The van der Waals surface area contributed by atoms with E-state index >= 15 is 0 Å². The Morgan fingerprint density at radius 3 is 2.33 bits per heavy atom. The van der Waals surface area contributed by atoms with Gasteiger partial charge in [-0.2, -0.15) is 0 Å². The van der Waals surface area contributed by atoms with Gasteiger partial charge in [0.2, 0.25) is 0 Å². The predicted molar refractivity (Wildman–Crippen MR) is 101 cm³/mol. The Bertz CT molecular complexity index is 713. The van der Waals surface area contributed by atoms with E-state index in [9.17, 15) is 4.79 Å². The Balaban J connectivity index is 1.66. The van der Waals surface area contributed by atoms with E-state index in [4.69, 9.17) is 0 Å². The van der Waals surface area contributed by atoms with Crippen LogP contribution in [-0.2, 0) is 0 Å². The molecule has 0 aliphatic carbocycles. The van der Waals surface area contributed by atoms with Crippen LogP contribution in [-0.4, -0.2) is 19.0 Å². The average Bonchev–Trinajstić information content (AvgIpc) is 2.56. The fourth-order valence-electron chi connectivity index (χ4n) is 3.29. The zero-order valence-electron chi connectivity index (χ0n) is 14.8. The van der Waals surface area contributed by atoms with E-state index in [0.717, 1.165) is 35.8 Å². The minimum Gasteiger partial charge on any atom is -0.372 e. The first-order valence-corrected chi connectivity index (χ1v) is 8.76. The van der Waals surface area contributed by atoms with Gasteiger partial charge in [-0.15, -0.1) is 0 Å². The van der Waals surface area contributed by atoms with Crippen LogP contribution >= 0.6 is 0 Å². The molecule has 1 heterocycles. The molecule has 0 aromatic heterocycles. The largest absolute Gasteiger partial charge is 0.372 e. The molecule has 0 radical (unpaired) electrons. The number of hydrogen-bond acceptors (Lipinski definition) is 2. The molecule has 3 heteroatoms. The van der Waals surface area contributed by atoms with Gasteiger partial charge in [-0.05, 0) is 68.5 Å². The minimum absolute atomic E-state index is 0.0490. The molecule has 3 rings (SSSR count). The van der Waals surface area contributed by atoms with E-state index in [-0.39, 0.29) is 5.91 Å². The topological polar surface area (TPSA) is 32.3 Å². The van der Waals surface area contributed by atoms with E-state index in [1.54, 1.807) is 0 Å². The van der Waals surface area contributed by atoms with Crippen LogP contribution in [0.2, 0.25) is 0 Å². The first kappa shape index (κ1) is 16.6. The highest BCUT2D eigenvalue weighted by atomic mass is 16.1. The molecule has 2 aromatic rings. The quantitative estimate of drug-likeness (QED) is 0.881. The SMILES string of the molecule is Cc1ccc(C(=O)Nc2ccc(N3CCC(C)CC3)cc2)c(C)c1. The van der Waals surface area contributed by atoms with Crippen LogP contribution < -0.4 is 10.2 Å². The lowest BCUT2D eigenvalue weighted by Crippen LogP contribution is -2.32. The molecule has 1 aliphatic rings. The number of hydrogen-bond donors (Lipinski definition) is 1. The molecule has 0 atom stereocenters. The van der Waals surface area contributed by atoms with E-state index < -0.39 is 0 Å². The number of carbonyl (C=O) groups is 1. The molecule has 126 valence electrons. The summed E-state index contributed by atoms with van der Waals surface area (Å²) in [5, 5.41) is 3.00. The maximum Gasteiger partial charge on any atom is 0.255 e. The molecular weight excluding hydrogens is 296 g/mol. The second-order valence-electron chi connectivity index (χ2n) is 6.99. The summed E-state index contributed by atoms with van der Waals surface area (Å²) >= 11 is 0. The summed E-state index contributed by atoms with van der Waals surface area (Å²) in [6.45, 7) is 8.57. The van der Waals surface area contributed by atoms with Crippen molar-refractivity contribution < 1.29 is 4.79 Å². The highest BCUT2D eigenvalue weighted by molar-refractivity contribution is 6.05. The number of carbonyl (C=O) groups excluding carboxylic acids is 1. The normalized spacial score (nSPS) is 15.4. The zero-order valence-corrected chi connectivity index (χ0v) is 14.8. The number of nitrogens with zero attached hydrogens (tertiary/aromatic N) is 1. The Kier molecular flexibility index (Phi) is 4.89. The van der Waals surface area contributed by atoms with Gasteiger partial charge in [-0.3, -0.25) is 4.79 Å². The fraction of sp³-hybridized carbons (Fsp3) is 0.381. The number of rotatable bonds is 3. The summed E-state index contributed by atoms with van der Waals surface area (Å²) in [6, 6.07) is 14.1. The summed E-state index contributed by atoms with van der Waals surface area (Å²) in [5.41, 5.74) is 4.99. The maximum atomic E-state index is 12.4. The van der Waals surface area contributed by atoms with E-state index in [2.05, 4.69) is 29.3 Å². The van der Waals surface area contributed by atoms with Crippen LogP contribution in [0, 0.1) is 19.8 Å². The van der Waals surface area contributed by atoms with Crippen molar-refractivity contribution in [1.29, 1.82) is 0 Å².